The largest absolute Gasteiger partial charge is 0.264 e. The fourth-order valence-corrected chi connectivity index (χ4v) is 2.06. The molecule has 96 valence electrons. The molecule has 0 N–H and O–H groups in total. The summed E-state index contributed by atoms with van der Waals surface area (Å²) in [6, 6.07) is 10.4. The summed E-state index contributed by atoms with van der Waals surface area (Å²) in [4.78, 5) is 8.29. The van der Waals surface area contributed by atoms with Gasteiger partial charge in [0, 0.05) is 6.20 Å². The molecule has 19 heavy (non-hydrogen) atoms. The maximum atomic E-state index is 4.30. The molecule has 2 rings (SSSR count). The highest BCUT2D eigenvalue weighted by Gasteiger charge is 2.02. The third kappa shape index (κ3) is 3.16. The van der Waals surface area contributed by atoms with Gasteiger partial charge >= 0.3 is 0 Å². The maximum Gasteiger partial charge on any atom is 0.0655 e. The van der Waals surface area contributed by atoms with Crippen molar-refractivity contribution in [3.63, 3.8) is 0 Å². The van der Waals surface area contributed by atoms with Crippen LogP contribution < -0.4 is 0 Å². The quantitative estimate of drug-likeness (QED) is 0.741. The Morgan fingerprint density at radius 1 is 1.21 bits per heavy atom. The number of allylic oxidation sites excluding steroid dienone is 1. The van der Waals surface area contributed by atoms with Crippen molar-refractivity contribution in [3.05, 3.63) is 65.5 Å². The van der Waals surface area contributed by atoms with Crippen molar-refractivity contribution in [2.45, 2.75) is 20.3 Å². The van der Waals surface area contributed by atoms with Crippen LogP contribution in [0.25, 0.3) is 5.57 Å². The summed E-state index contributed by atoms with van der Waals surface area (Å²) in [6.07, 6.45) is 2.73. The van der Waals surface area contributed by atoms with Crippen LogP contribution in [0.5, 0.6) is 0 Å². The lowest BCUT2D eigenvalue weighted by molar-refractivity contribution is 1.14. The van der Waals surface area contributed by atoms with Crippen LogP contribution in [0.15, 0.2) is 48.1 Å². The van der Waals surface area contributed by atoms with Gasteiger partial charge in [-0.2, -0.15) is 0 Å². The fraction of sp³-hybridized carbons (Fsp3) is 0.176. The van der Waals surface area contributed by atoms with E-state index in [4.69, 9.17) is 0 Å². The molecule has 0 amide bonds. The number of aliphatic imine (C=N–C) groups is 1. The summed E-state index contributed by atoms with van der Waals surface area (Å²) in [7, 11) is 0. The molecule has 0 saturated heterocycles. The molecule has 0 spiro atoms. The second kappa shape index (κ2) is 5.61. The first kappa shape index (κ1) is 13.2. The zero-order valence-electron chi connectivity index (χ0n) is 11.5. The SMILES string of the molecule is C=Nc1ccc(Cc2ccnc(C(=C)C)c2)cc1C. The van der Waals surface area contributed by atoms with E-state index >= 15 is 0 Å². The van der Waals surface area contributed by atoms with Crippen LogP contribution >= 0.6 is 0 Å². The predicted octanol–water partition coefficient (Wildman–Crippen LogP) is 4.35. The van der Waals surface area contributed by atoms with E-state index in [2.05, 4.69) is 48.4 Å². The molecule has 0 aliphatic rings. The van der Waals surface area contributed by atoms with E-state index < -0.39 is 0 Å². The van der Waals surface area contributed by atoms with Crippen molar-refractivity contribution in [2.24, 2.45) is 4.99 Å². The van der Waals surface area contributed by atoms with Gasteiger partial charge in [0.1, 0.15) is 0 Å². The number of nitrogens with zero attached hydrogens (tertiary/aromatic N) is 2. The fourth-order valence-electron chi connectivity index (χ4n) is 2.06. The normalized spacial score (nSPS) is 10.2. The van der Waals surface area contributed by atoms with Gasteiger partial charge in [-0.05, 0) is 67.4 Å². The van der Waals surface area contributed by atoms with Crippen LogP contribution in [-0.4, -0.2) is 11.7 Å². The molecule has 1 aromatic heterocycles. The first-order chi connectivity index (χ1) is 9.10. The lowest BCUT2D eigenvalue weighted by Crippen LogP contribution is -1.92. The van der Waals surface area contributed by atoms with Crippen LogP contribution in [0, 0.1) is 6.92 Å². The van der Waals surface area contributed by atoms with E-state index in [1.54, 1.807) is 0 Å². The number of aromatic nitrogens is 1. The van der Waals surface area contributed by atoms with Gasteiger partial charge in [0.15, 0.2) is 0 Å². The third-order valence-corrected chi connectivity index (χ3v) is 3.10. The summed E-state index contributed by atoms with van der Waals surface area (Å²) >= 11 is 0. The first-order valence-corrected chi connectivity index (χ1v) is 6.27. The second-order valence-corrected chi connectivity index (χ2v) is 4.79. The smallest absolute Gasteiger partial charge is 0.0655 e. The minimum atomic E-state index is 0.890. The number of benzene rings is 1. The highest BCUT2D eigenvalue weighted by molar-refractivity contribution is 5.58. The number of hydrogen-bond acceptors (Lipinski definition) is 2. The Labute approximate surface area is 114 Å². The Balaban J connectivity index is 2.26. The number of pyridine rings is 1. The van der Waals surface area contributed by atoms with Gasteiger partial charge in [0.05, 0.1) is 11.4 Å². The Morgan fingerprint density at radius 3 is 2.58 bits per heavy atom. The van der Waals surface area contributed by atoms with Crippen LogP contribution in [0.3, 0.4) is 0 Å². The lowest BCUT2D eigenvalue weighted by atomic mass is 10.0. The van der Waals surface area contributed by atoms with Crippen LogP contribution in [-0.2, 0) is 6.42 Å². The zero-order valence-corrected chi connectivity index (χ0v) is 11.5. The van der Waals surface area contributed by atoms with Gasteiger partial charge in [0.25, 0.3) is 0 Å². The minimum absolute atomic E-state index is 0.890. The summed E-state index contributed by atoms with van der Waals surface area (Å²) in [5.41, 5.74) is 6.56. The molecule has 0 radical (unpaired) electrons. The molecule has 2 heteroatoms. The summed E-state index contributed by atoms with van der Waals surface area (Å²) < 4.78 is 0. The van der Waals surface area contributed by atoms with E-state index in [-0.39, 0.29) is 0 Å². The molecule has 0 saturated carbocycles. The highest BCUT2D eigenvalue weighted by Crippen LogP contribution is 2.21. The van der Waals surface area contributed by atoms with Gasteiger partial charge in [0.2, 0.25) is 0 Å². The molecule has 0 aliphatic heterocycles. The maximum absolute atomic E-state index is 4.30. The summed E-state index contributed by atoms with van der Waals surface area (Å²) in [5, 5.41) is 0. The summed E-state index contributed by atoms with van der Waals surface area (Å²) in [6.45, 7) is 11.5. The van der Waals surface area contributed by atoms with Crippen LogP contribution in [0.2, 0.25) is 0 Å². The van der Waals surface area contributed by atoms with Crippen molar-refractivity contribution >= 4 is 18.0 Å². The van der Waals surface area contributed by atoms with E-state index in [9.17, 15) is 0 Å². The molecule has 2 aromatic rings. The van der Waals surface area contributed by atoms with Gasteiger partial charge in [-0.15, -0.1) is 0 Å². The van der Waals surface area contributed by atoms with Crippen molar-refractivity contribution in [3.8, 4) is 0 Å². The van der Waals surface area contributed by atoms with Crippen molar-refractivity contribution in [1.29, 1.82) is 0 Å². The summed E-state index contributed by atoms with van der Waals surface area (Å²) in [5.74, 6) is 0. The molecule has 0 unspecified atom stereocenters. The van der Waals surface area contributed by atoms with Crippen molar-refractivity contribution < 1.29 is 0 Å². The Hall–Kier alpha value is -2.22. The van der Waals surface area contributed by atoms with Gasteiger partial charge in [-0.3, -0.25) is 9.98 Å². The molecular weight excluding hydrogens is 232 g/mol. The molecule has 1 aromatic carbocycles. The number of rotatable bonds is 4. The average molecular weight is 250 g/mol. The van der Waals surface area contributed by atoms with E-state index in [0.29, 0.717) is 0 Å². The minimum Gasteiger partial charge on any atom is -0.264 e. The lowest BCUT2D eigenvalue weighted by Gasteiger charge is -2.07. The average Bonchev–Trinajstić information content (AvgIpc) is 2.39. The Kier molecular flexibility index (Phi) is 3.91. The van der Waals surface area contributed by atoms with Crippen LogP contribution in [0.4, 0.5) is 5.69 Å². The molecule has 1 heterocycles. The standard InChI is InChI=1S/C17H18N2/c1-12(2)17-11-15(7-8-19-17)10-14-5-6-16(18-4)13(3)9-14/h5-9,11H,1,4,10H2,2-3H3. The van der Waals surface area contributed by atoms with E-state index in [1.165, 1.54) is 11.1 Å². The van der Waals surface area contributed by atoms with E-state index in [1.807, 2.05) is 25.3 Å². The molecule has 0 aliphatic carbocycles. The molecule has 0 atom stereocenters. The zero-order chi connectivity index (χ0) is 13.8. The predicted molar refractivity (Wildman–Crippen MR) is 82.1 cm³/mol. The van der Waals surface area contributed by atoms with Crippen molar-refractivity contribution in [2.75, 3.05) is 0 Å². The number of hydrogen-bond donors (Lipinski definition) is 0. The van der Waals surface area contributed by atoms with Gasteiger partial charge in [-0.25, -0.2) is 0 Å². The topological polar surface area (TPSA) is 25.2 Å². The molecular formula is C17H18N2. The molecule has 2 nitrogen and oxygen atoms in total. The van der Waals surface area contributed by atoms with E-state index in [0.717, 1.165) is 28.9 Å². The Morgan fingerprint density at radius 2 is 1.95 bits per heavy atom. The highest BCUT2D eigenvalue weighted by atomic mass is 14.7. The van der Waals surface area contributed by atoms with Crippen molar-refractivity contribution in [1.82, 2.24) is 4.98 Å². The van der Waals surface area contributed by atoms with Gasteiger partial charge < -0.3 is 0 Å². The third-order valence-electron chi connectivity index (χ3n) is 3.10. The molecule has 0 fully saturated rings. The first-order valence-electron chi connectivity index (χ1n) is 6.27. The Bertz CT molecular complexity index is 627. The van der Waals surface area contributed by atoms with Crippen LogP contribution in [0.1, 0.15) is 29.3 Å². The second-order valence-electron chi connectivity index (χ2n) is 4.79. The monoisotopic (exact) mass is 250 g/mol. The van der Waals surface area contributed by atoms with Gasteiger partial charge in [-0.1, -0.05) is 18.7 Å². The number of aryl methyl sites for hydroxylation is 1. The molecule has 0 bridgehead atoms.